The van der Waals surface area contributed by atoms with Crippen molar-refractivity contribution in [3.63, 3.8) is 0 Å². The monoisotopic (exact) mass is 187 g/mol. The van der Waals surface area contributed by atoms with Crippen molar-refractivity contribution in [1.29, 1.82) is 0 Å². The van der Waals surface area contributed by atoms with E-state index >= 15 is 0 Å². The van der Waals surface area contributed by atoms with Gasteiger partial charge >= 0.3 is 19.6 Å². The smallest absolute Gasteiger partial charge is 0.491 e. The van der Waals surface area contributed by atoms with Gasteiger partial charge in [0.15, 0.2) is 0 Å². The van der Waals surface area contributed by atoms with Crippen molar-refractivity contribution in [3.05, 3.63) is 0 Å². The molecule has 13 heavy (non-hydrogen) atoms. The van der Waals surface area contributed by atoms with Gasteiger partial charge in [0.05, 0.1) is 0 Å². The SMILES string of the molecule is CCC.CCC.O=C1O[B]OC1=O. The van der Waals surface area contributed by atoms with Crippen LogP contribution < -0.4 is 0 Å². The van der Waals surface area contributed by atoms with E-state index in [4.69, 9.17) is 0 Å². The molecule has 5 heteroatoms. The van der Waals surface area contributed by atoms with Crippen LogP contribution in [0.3, 0.4) is 0 Å². The van der Waals surface area contributed by atoms with Crippen LogP contribution in [0.2, 0.25) is 0 Å². The quantitative estimate of drug-likeness (QED) is 0.425. The Balaban J connectivity index is 0. The van der Waals surface area contributed by atoms with Gasteiger partial charge in [-0.1, -0.05) is 40.5 Å². The van der Waals surface area contributed by atoms with E-state index in [1.807, 2.05) is 0 Å². The van der Waals surface area contributed by atoms with Gasteiger partial charge in [-0.05, 0) is 0 Å². The van der Waals surface area contributed by atoms with Crippen LogP contribution in [0.4, 0.5) is 0 Å². The van der Waals surface area contributed by atoms with Crippen LogP contribution >= 0.6 is 0 Å². The molecule has 4 nitrogen and oxygen atoms in total. The predicted molar refractivity (Wildman–Crippen MR) is 49.9 cm³/mol. The molecule has 1 radical (unpaired) electrons. The fourth-order valence-corrected chi connectivity index (χ4v) is 0.208. The van der Waals surface area contributed by atoms with Crippen LogP contribution in [0.15, 0.2) is 0 Å². The van der Waals surface area contributed by atoms with E-state index in [9.17, 15) is 9.59 Å². The Kier molecular flexibility index (Phi) is 12.3. The summed E-state index contributed by atoms with van der Waals surface area (Å²) >= 11 is 0. The van der Waals surface area contributed by atoms with Gasteiger partial charge in [0.2, 0.25) is 0 Å². The molecule has 0 atom stereocenters. The fourth-order valence-electron chi connectivity index (χ4n) is 0.208. The molecule has 0 aliphatic carbocycles. The lowest BCUT2D eigenvalue weighted by Gasteiger charge is -1.74. The topological polar surface area (TPSA) is 52.6 Å². The van der Waals surface area contributed by atoms with Gasteiger partial charge in [-0.15, -0.1) is 0 Å². The van der Waals surface area contributed by atoms with Crippen LogP contribution in [-0.2, 0) is 18.9 Å². The van der Waals surface area contributed by atoms with Crippen molar-refractivity contribution in [1.82, 2.24) is 0 Å². The van der Waals surface area contributed by atoms with Gasteiger partial charge in [-0.3, -0.25) is 0 Å². The van der Waals surface area contributed by atoms with Crippen LogP contribution in [0, 0.1) is 0 Å². The second kappa shape index (κ2) is 11.0. The van der Waals surface area contributed by atoms with Crippen molar-refractivity contribution < 1.29 is 18.9 Å². The molecule has 1 rings (SSSR count). The lowest BCUT2D eigenvalue weighted by Crippen LogP contribution is -2.05. The largest absolute Gasteiger partial charge is 0.662 e. The van der Waals surface area contributed by atoms with Crippen LogP contribution in [0.25, 0.3) is 0 Å². The van der Waals surface area contributed by atoms with Gasteiger partial charge in [0.1, 0.15) is 0 Å². The normalized spacial score (nSPS) is 12.3. The lowest BCUT2D eigenvalue weighted by atomic mass is 10.4. The first-order valence-electron chi connectivity index (χ1n) is 4.37. The zero-order chi connectivity index (χ0) is 10.7. The molecule has 0 saturated carbocycles. The highest BCUT2D eigenvalue weighted by Crippen LogP contribution is 1.90. The van der Waals surface area contributed by atoms with Gasteiger partial charge in [0, 0.05) is 0 Å². The molecule has 75 valence electrons. The molecule has 0 aromatic heterocycles. The molecule has 0 aromatic carbocycles. The standard InChI is InChI=1S/2C3H8.C2BO4/c2*1-3-2;4-1-2(5)7-3-6-1/h2*3H2,1-2H3;. The maximum Gasteiger partial charge on any atom is 0.662 e. The van der Waals surface area contributed by atoms with Crippen molar-refractivity contribution in [2.24, 2.45) is 0 Å². The number of carbonyl (C=O) groups excluding carboxylic acids is 2. The molecule has 0 aromatic rings. The zero-order valence-corrected chi connectivity index (χ0v) is 8.62. The molecule has 1 aliphatic heterocycles. The average Bonchev–Trinajstić information content (AvgIpc) is 2.39. The minimum atomic E-state index is -0.958. The van der Waals surface area contributed by atoms with Crippen molar-refractivity contribution in [2.45, 2.75) is 40.5 Å². The maximum absolute atomic E-state index is 9.85. The third-order valence-electron chi connectivity index (χ3n) is 0.477. The van der Waals surface area contributed by atoms with E-state index in [1.54, 1.807) is 0 Å². The Morgan fingerprint density at radius 1 is 0.923 bits per heavy atom. The van der Waals surface area contributed by atoms with Crippen molar-refractivity contribution in [3.8, 4) is 0 Å². The lowest BCUT2D eigenvalue weighted by molar-refractivity contribution is -0.150. The van der Waals surface area contributed by atoms with E-state index in [2.05, 4.69) is 37.0 Å². The number of carbonyl (C=O) groups is 2. The highest BCUT2D eigenvalue weighted by Gasteiger charge is 2.27. The third kappa shape index (κ3) is 11.0. The number of hydrogen-bond acceptors (Lipinski definition) is 4. The Morgan fingerprint density at radius 2 is 1.15 bits per heavy atom. The summed E-state index contributed by atoms with van der Waals surface area (Å²) in [4.78, 5) is 19.7. The van der Waals surface area contributed by atoms with Gasteiger partial charge in [-0.2, -0.15) is 0 Å². The zero-order valence-electron chi connectivity index (χ0n) is 8.62. The first-order chi connectivity index (χ1) is 6.13. The molecular formula is C8H16BO4. The Morgan fingerprint density at radius 3 is 1.23 bits per heavy atom. The predicted octanol–water partition coefficient (Wildman–Crippen LogP) is 1.45. The Bertz CT molecular complexity index is 131. The molecule has 1 fully saturated rings. The van der Waals surface area contributed by atoms with Crippen molar-refractivity contribution in [2.75, 3.05) is 0 Å². The minimum Gasteiger partial charge on any atom is -0.491 e. The summed E-state index contributed by atoms with van der Waals surface area (Å²) in [5.74, 6) is -1.92. The second-order valence-electron chi connectivity index (χ2n) is 2.32. The third-order valence-corrected chi connectivity index (χ3v) is 0.477. The molecule has 1 aliphatic rings. The molecule has 0 N–H and O–H groups in total. The molecular weight excluding hydrogens is 171 g/mol. The average molecular weight is 187 g/mol. The van der Waals surface area contributed by atoms with E-state index in [1.165, 1.54) is 12.8 Å². The molecule has 0 spiro atoms. The van der Waals surface area contributed by atoms with E-state index in [-0.39, 0.29) is 0 Å². The minimum absolute atomic E-state index is 0.699. The van der Waals surface area contributed by atoms with Gasteiger partial charge in [0.25, 0.3) is 0 Å². The van der Waals surface area contributed by atoms with E-state index in [0.717, 1.165) is 0 Å². The molecule has 1 saturated heterocycles. The second-order valence-corrected chi connectivity index (χ2v) is 2.32. The fraction of sp³-hybridized carbons (Fsp3) is 0.750. The van der Waals surface area contributed by atoms with Crippen LogP contribution in [0.5, 0.6) is 0 Å². The number of rotatable bonds is 0. The van der Waals surface area contributed by atoms with E-state index in [0.29, 0.717) is 7.69 Å². The highest BCUT2D eigenvalue weighted by atomic mass is 16.7. The van der Waals surface area contributed by atoms with Crippen LogP contribution in [-0.4, -0.2) is 19.6 Å². The van der Waals surface area contributed by atoms with Gasteiger partial charge < -0.3 is 9.31 Å². The molecule has 0 bridgehead atoms. The summed E-state index contributed by atoms with van der Waals surface area (Å²) in [6.07, 6.45) is 2.50. The Hall–Kier alpha value is -0.995. The highest BCUT2D eigenvalue weighted by molar-refractivity contribution is 6.47. The van der Waals surface area contributed by atoms with E-state index < -0.39 is 11.9 Å². The van der Waals surface area contributed by atoms with Crippen molar-refractivity contribution >= 4 is 19.6 Å². The first-order valence-corrected chi connectivity index (χ1v) is 4.37. The molecule has 0 amide bonds. The number of hydrogen-bond donors (Lipinski definition) is 0. The van der Waals surface area contributed by atoms with Gasteiger partial charge in [-0.25, -0.2) is 9.59 Å². The summed E-state index contributed by atoms with van der Waals surface area (Å²) in [5.41, 5.74) is 0. The maximum atomic E-state index is 9.85. The molecule has 0 unspecified atom stereocenters. The summed E-state index contributed by atoms with van der Waals surface area (Å²) in [7, 11) is 0.699. The summed E-state index contributed by atoms with van der Waals surface area (Å²) in [6, 6.07) is 0. The van der Waals surface area contributed by atoms with Crippen LogP contribution in [0.1, 0.15) is 40.5 Å². The first kappa shape index (κ1) is 14.5. The molecule has 1 heterocycles. The summed E-state index contributed by atoms with van der Waals surface area (Å²) < 4.78 is 7.86. The Labute approximate surface area is 79.9 Å². The summed E-state index contributed by atoms with van der Waals surface area (Å²) in [5, 5.41) is 0. The summed E-state index contributed by atoms with van der Waals surface area (Å²) in [6.45, 7) is 8.50.